The lowest BCUT2D eigenvalue weighted by Gasteiger charge is -2.22. The number of H-pyrrole nitrogens is 1. The number of amides is 1. The molecule has 0 aliphatic carbocycles. The first kappa shape index (κ1) is 17.6. The van der Waals surface area contributed by atoms with E-state index in [1.807, 2.05) is 23.9 Å². The molecule has 3 rings (SSSR count). The molecule has 2 aromatic rings. The molecular formula is C17H22N3O4S+. The SMILES string of the molecule is COC(=O)c1[nH]c2cccc(OC)c2c1NC(=O)C[NH+]1CCSCC1. The van der Waals surface area contributed by atoms with Crippen molar-refractivity contribution in [1.82, 2.24) is 4.98 Å². The highest BCUT2D eigenvalue weighted by molar-refractivity contribution is 7.99. The first-order valence-corrected chi connectivity index (χ1v) is 9.27. The second-order valence-corrected chi connectivity index (χ2v) is 7.06. The third kappa shape index (κ3) is 3.74. The number of rotatable bonds is 5. The van der Waals surface area contributed by atoms with Gasteiger partial charge in [-0.15, -0.1) is 0 Å². The van der Waals surface area contributed by atoms with Gasteiger partial charge < -0.3 is 24.7 Å². The fourth-order valence-corrected chi connectivity index (χ4v) is 4.08. The Kier molecular flexibility index (Phi) is 5.50. The first-order chi connectivity index (χ1) is 12.1. The van der Waals surface area contributed by atoms with Gasteiger partial charge in [-0.3, -0.25) is 4.79 Å². The Balaban J connectivity index is 1.92. The molecule has 0 bridgehead atoms. The Labute approximate surface area is 150 Å². The molecule has 3 N–H and O–H groups in total. The number of nitrogens with one attached hydrogen (secondary N) is 3. The van der Waals surface area contributed by atoms with Crippen LogP contribution in [0, 0.1) is 0 Å². The summed E-state index contributed by atoms with van der Waals surface area (Å²) in [6.07, 6.45) is 0. The number of aromatic nitrogens is 1. The fourth-order valence-electron chi connectivity index (χ4n) is 3.01. The van der Waals surface area contributed by atoms with E-state index in [9.17, 15) is 9.59 Å². The van der Waals surface area contributed by atoms with E-state index < -0.39 is 5.97 Å². The molecule has 0 radical (unpaired) electrons. The van der Waals surface area contributed by atoms with Gasteiger partial charge >= 0.3 is 5.97 Å². The number of carbonyl (C=O) groups is 2. The van der Waals surface area contributed by atoms with Crippen molar-refractivity contribution in [3.05, 3.63) is 23.9 Å². The summed E-state index contributed by atoms with van der Waals surface area (Å²) in [6.45, 7) is 2.32. The monoisotopic (exact) mass is 364 g/mol. The van der Waals surface area contributed by atoms with Gasteiger partial charge in [0.05, 0.1) is 43.9 Å². The predicted molar refractivity (Wildman–Crippen MR) is 97.7 cm³/mol. The number of carbonyl (C=O) groups excluding carboxylic acids is 2. The maximum absolute atomic E-state index is 12.5. The number of hydrogen-bond acceptors (Lipinski definition) is 5. The third-order valence-electron chi connectivity index (χ3n) is 4.27. The van der Waals surface area contributed by atoms with E-state index in [1.165, 1.54) is 12.0 Å². The van der Waals surface area contributed by atoms with E-state index in [4.69, 9.17) is 9.47 Å². The van der Waals surface area contributed by atoms with Crippen LogP contribution in [0.4, 0.5) is 5.69 Å². The van der Waals surface area contributed by atoms with Gasteiger partial charge in [0.2, 0.25) is 0 Å². The highest BCUT2D eigenvalue weighted by atomic mass is 32.2. The van der Waals surface area contributed by atoms with Crippen molar-refractivity contribution in [2.75, 3.05) is 50.7 Å². The summed E-state index contributed by atoms with van der Waals surface area (Å²) in [5.41, 5.74) is 1.34. The molecule has 1 saturated heterocycles. The van der Waals surface area contributed by atoms with Crippen molar-refractivity contribution < 1.29 is 24.0 Å². The minimum absolute atomic E-state index is 0.126. The minimum atomic E-state index is -0.532. The summed E-state index contributed by atoms with van der Waals surface area (Å²) in [5.74, 6) is 2.06. The molecule has 0 atom stereocenters. The molecule has 25 heavy (non-hydrogen) atoms. The molecule has 8 heteroatoms. The van der Waals surface area contributed by atoms with E-state index in [1.54, 1.807) is 13.2 Å². The minimum Gasteiger partial charge on any atom is -0.496 e. The zero-order valence-corrected chi connectivity index (χ0v) is 15.1. The molecular weight excluding hydrogens is 342 g/mol. The number of ether oxygens (including phenoxy) is 2. The lowest BCUT2D eigenvalue weighted by molar-refractivity contribution is -0.887. The highest BCUT2D eigenvalue weighted by Gasteiger charge is 2.24. The lowest BCUT2D eigenvalue weighted by atomic mass is 10.2. The molecule has 134 valence electrons. The summed E-state index contributed by atoms with van der Waals surface area (Å²) in [4.78, 5) is 28.9. The average Bonchev–Trinajstić information content (AvgIpc) is 3.00. The van der Waals surface area contributed by atoms with Crippen LogP contribution in [0.1, 0.15) is 10.5 Å². The number of thioether (sulfide) groups is 1. The normalized spacial score (nSPS) is 15.1. The van der Waals surface area contributed by atoms with Crippen molar-refractivity contribution in [2.24, 2.45) is 0 Å². The molecule has 1 aromatic carbocycles. The number of anilines is 1. The van der Waals surface area contributed by atoms with Gasteiger partial charge in [0, 0.05) is 11.5 Å². The summed E-state index contributed by atoms with van der Waals surface area (Å²) in [5, 5.41) is 3.56. The summed E-state index contributed by atoms with van der Waals surface area (Å²) < 4.78 is 10.2. The van der Waals surface area contributed by atoms with E-state index in [0.29, 0.717) is 28.9 Å². The number of methoxy groups -OCH3 is 2. The second-order valence-electron chi connectivity index (χ2n) is 5.84. The van der Waals surface area contributed by atoms with Gasteiger partial charge in [0.25, 0.3) is 5.91 Å². The number of fused-ring (bicyclic) bond motifs is 1. The first-order valence-electron chi connectivity index (χ1n) is 8.12. The lowest BCUT2D eigenvalue weighted by Crippen LogP contribution is -3.14. The average molecular weight is 364 g/mol. The topological polar surface area (TPSA) is 84.9 Å². The molecule has 1 fully saturated rings. The van der Waals surface area contributed by atoms with Crippen LogP contribution >= 0.6 is 11.8 Å². The summed E-state index contributed by atoms with van der Waals surface area (Å²) in [7, 11) is 2.87. The van der Waals surface area contributed by atoms with Crippen LogP contribution in [0.2, 0.25) is 0 Å². The highest BCUT2D eigenvalue weighted by Crippen LogP contribution is 2.35. The van der Waals surface area contributed by atoms with Gasteiger partial charge in [-0.25, -0.2) is 4.79 Å². The standard InChI is InChI=1S/C17H21N3O4S/c1-23-12-5-3-4-11-14(12)15(16(18-11)17(22)24-2)19-13(21)10-20-6-8-25-9-7-20/h3-5,18H,6-10H2,1-2H3,(H,19,21)/p+1. The van der Waals surface area contributed by atoms with Crippen molar-refractivity contribution in [2.45, 2.75) is 0 Å². The van der Waals surface area contributed by atoms with Crippen LogP contribution in [-0.4, -0.2) is 62.2 Å². The maximum atomic E-state index is 12.5. The largest absolute Gasteiger partial charge is 0.496 e. The van der Waals surface area contributed by atoms with Crippen LogP contribution in [0.15, 0.2) is 18.2 Å². The van der Waals surface area contributed by atoms with Crippen LogP contribution in [0.25, 0.3) is 10.9 Å². The third-order valence-corrected chi connectivity index (χ3v) is 5.26. The molecule has 1 amide bonds. The Bertz CT molecular complexity index is 784. The summed E-state index contributed by atoms with van der Waals surface area (Å²) >= 11 is 1.91. The number of hydrogen-bond donors (Lipinski definition) is 3. The van der Waals surface area contributed by atoms with Crippen LogP contribution in [0.5, 0.6) is 5.75 Å². The molecule has 1 aromatic heterocycles. The predicted octanol–water partition coefficient (Wildman–Crippen LogP) is 0.533. The van der Waals surface area contributed by atoms with Gasteiger partial charge in [-0.2, -0.15) is 11.8 Å². The Morgan fingerprint density at radius 3 is 2.72 bits per heavy atom. The fraction of sp³-hybridized carbons (Fsp3) is 0.412. The van der Waals surface area contributed by atoms with Gasteiger partial charge in [0.15, 0.2) is 6.54 Å². The molecule has 2 heterocycles. The van der Waals surface area contributed by atoms with E-state index in [-0.39, 0.29) is 11.6 Å². The molecule has 1 aliphatic rings. The van der Waals surface area contributed by atoms with Crippen LogP contribution in [0.3, 0.4) is 0 Å². The van der Waals surface area contributed by atoms with Crippen molar-refractivity contribution >= 4 is 40.2 Å². The Hall–Kier alpha value is -2.19. The van der Waals surface area contributed by atoms with Gasteiger partial charge in [0.1, 0.15) is 11.4 Å². The van der Waals surface area contributed by atoms with Crippen LogP contribution in [-0.2, 0) is 9.53 Å². The van der Waals surface area contributed by atoms with Crippen molar-refractivity contribution in [3.8, 4) is 5.75 Å². The van der Waals surface area contributed by atoms with E-state index >= 15 is 0 Å². The van der Waals surface area contributed by atoms with Crippen molar-refractivity contribution in [3.63, 3.8) is 0 Å². The van der Waals surface area contributed by atoms with Crippen molar-refractivity contribution in [1.29, 1.82) is 0 Å². The number of aromatic amines is 1. The number of quaternary nitrogens is 1. The van der Waals surface area contributed by atoms with E-state index in [0.717, 1.165) is 24.6 Å². The molecule has 0 unspecified atom stereocenters. The second kappa shape index (κ2) is 7.79. The number of esters is 1. The van der Waals surface area contributed by atoms with Gasteiger partial charge in [-0.05, 0) is 12.1 Å². The van der Waals surface area contributed by atoms with Crippen LogP contribution < -0.4 is 15.0 Å². The molecule has 0 spiro atoms. The zero-order valence-electron chi connectivity index (χ0n) is 14.3. The quantitative estimate of drug-likeness (QED) is 0.674. The zero-order chi connectivity index (χ0) is 17.8. The summed E-state index contributed by atoms with van der Waals surface area (Å²) in [6, 6.07) is 5.44. The Morgan fingerprint density at radius 1 is 1.28 bits per heavy atom. The maximum Gasteiger partial charge on any atom is 0.356 e. The molecule has 0 saturated carbocycles. The Morgan fingerprint density at radius 2 is 2.04 bits per heavy atom. The van der Waals surface area contributed by atoms with Gasteiger partial charge in [-0.1, -0.05) is 6.07 Å². The molecule has 1 aliphatic heterocycles. The molecule has 7 nitrogen and oxygen atoms in total. The van der Waals surface area contributed by atoms with E-state index in [2.05, 4.69) is 10.3 Å². The number of benzene rings is 1. The smallest absolute Gasteiger partial charge is 0.356 e.